The maximum absolute atomic E-state index is 13.2. The molecule has 1 unspecified atom stereocenters. The van der Waals surface area contributed by atoms with Crippen molar-refractivity contribution in [1.82, 2.24) is 4.98 Å². The van der Waals surface area contributed by atoms with E-state index in [9.17, 15) is 8.78 Å². The van der Waals surface area contributed by atoms with Gasteiger partial charge in [-0.3, -0.25) is 0 Å². The summed E-state index contributed by atoms with van der Waals surface area (Å²) in [6.07, 6.45) is 2.89. The van der Waals surface area contributed by atoms with Crippen LogP contribution in [-0.4, -0.2) is 23.0 Å². The molecule has 1 aromatic heterocycles. The summed E-state index contributed by atoms with van der Waals surface area (Å²) in [7, 11) is 0. The number of nitrogens with one attached hydrogen (secondary N) is 1. The minimum absolute atomic E-state index is 0.00667. The topological polar surface area (TPSA) is 50.9 Å². The Morgan fingerprint density at radius 1 is 1.50 bits per heavy atom. The summed E-state index contributed by atoms with van der Waals surface area (Å²) in [5.41, 5.74) is 5.25. The van der Waals surface area contributed by atoms with Crippen LogP contribution in [-0.2, 0) is 0 Å². The lowest BCUT2D eigenvalue weighted by Gasteiger charge is -2.10. The van der Waals surface area contributed by atoms with Crippen LogP contribution in [0.5, 0.6) is 0 Å². The number of nitrogens with zero attached hydrogens (tertiary/aromatic N) is 1. The molecule has 0 aliphatic carbocycles. The van der Waals surface area contributed by atoms with Crippen molar-refractivity contribution in [1.29, 1.82) is 0 Å². The monoisotopic (exact) mass is 247 g/mol. The average Bonchev–Trinajstić information content (AvgIpc) is 2.25. The van der Waals surface area contributed by atoms with Crippen molar-refractivity contribution >= 4 is 23.4 Å². The Morgan fingerprint density at radius 3 is 2.81 bits per heavy atom. The van der Waals surface area contributed by atoms with Gasteiger partial charge in [0, 0.05) is 17.9 Å². The Morgan fingerprint density at radius 2 is 2.19 bits per heavy atom. The number of halogens is 2. The molecule has 0 amide bonds. The first kappa shape index (κ1) is 13.0. The first-order valence-corrected chi connectivity index (χ1v) is 6.21. The molecule has 90 valence electrons. The molecule has 1 heterocycles. The Bertz CT molecular complexity index is 360. The molecule has 0 aliphatic rings. The molecule has 3 nitrogen and oxygen atoms in total. The van der Waals surface area contributed by atoms with Gasteiger partial charge in [0.25, 0.3) is 0 Å². The van der Waals surface area contributed by atoms with Gasteiger partial charge in [0.1, 0.15) is 0 Å². The number of nitrogen functional groups attached to an aromatic ring is 1. The van der Waals surface area contributed by atoms with Crippen LogP contribution in [0.25, 0.3) is 0 Å². The molecule has 0 saturated heterocycles. The zero-order chi connectivity index (χ0) is 12.1. The zero-order valence-corrected chi connectivity index (χ0v) is 10.1. The number of hydrogen-bond donors (Lipinski definition) is 2. The molecule has 0 fully saturated rings. The minimum Gasteiger partial charge on any atom is -0.381 e. The number of nitrogens with two attached hydrogens (primary N) is 1. The lowest BCUT2D eigenvalue weighted by Crippen LogP contribution is -2.11. The highest BCUT2D eigenvalue weighted by atomic mass is 32.2. The highest BCUT2D eigenvalue weighted by Crippen LogP contribution is 2.17. The number of pyridine rings is 1. The van der Waals surface area contributed by atoms with Crippen molar-refractivity contribution in [3.63, 3.8) is 0 Å². The van der Waals surface area contributed by atoms with E-state index in [1.807, 2.05) is 6.26 Å². The van der Waals surface area contributed by atoms with Crippen LogP contribution in [0.3, 0.4) is 0 Å². The highest BCUT2D eigenvalue weighted by molar-refractivity contribution is 7.99. The molecule has 0 bridgehead atoms. The van der Waals surface area contributed by atoms with E-state index >= 15 is 0 Å². The Balaban J connectivity index is 2.57. The smallest absolute Gasteiger partial charge is 0.168 e. The van der Waals surface area contributed by atoms with Crippen molar-refractivity contribution in [2.75, 3.05) is 23.9 Å². The predicted molar refractivity (Wildman–Crippen MR) is 64.6 cm³/mol. The summed E-state index contributed by atoms with van der Waals surface area (Å²) in [4.78, 5) is 3.60. The third-order valence-corrected chi connectivity index (χ3v) is 3.24. The summed E-state index contributed by atoms with van der Waals surface area (Å²) in [5.74, 6) is -1.84. The van der Waals surface area contributed by atoms with E-state index in [4.69, 9.17) is 5.73 Å². The molecule has 0 aliphatic heterocycles. The fourth-order valence-corrected chi connectivity index (χ4v) is 1.47. The van der Waals surface area contributed by atoms with Crippen molar-refractivity contribution in [2.45, 2.75) is 18.6 Å². The molecule has 3 N–H and O–H groups in total. The Labute approximate surface area is 97.8 Å². The second-order valence-corrected chi connectivity index (χ2v) is 4.72. The van der Waals surface area contributed by atoms with Gasteiger partial charge >= 0.3 is 0 Å². The zero-order valence-electron chi connectivity index (χ0n) is 9.26. The van der Waals surface area contributed by atoms with E-state index in [0.717, 1.165) is 12.5 Å². The third-order valence-electron chi connectivity index (χ3n) is 2.20. The number of anilines is 2. The summed E-state index contributed by atoms with van der Waals surface area (Å²) >= 11 is 1.73. The Kier molecular flexibility index (Phi) is 4.79. The van der Waals surface area contributed by atoms with Gasteiger partial charge in [-0.15, -0.1) is 0 Å². The van der Waals surface area contributed by atoms with Crippen LogP contribution in [0.1, 0.15) is 13.3 Å². The summed E-state index contributed by atoms with van der Waals surface area (Å²) in [6, 6.07) is 0.739. The third kappa shape index (κ3) is 3.52. The summed E-state index contributed by atoms with van der Waals surface area (Å²) < 4.78 is 26.0. The van der Waals surface area contributed by atoms with E-state index in [1.54, 1.807) is 11.8 Å². The maximum Gasteiger partial charge on any atom is 0.168 e. The van der Waals surface area contributed by atoms with Crippen molar-refractivity contribution in [3.05, 3.63) is 17.7 Å². The number of hydrogen-bond acceptors (Lipinski definition) is 4. The lowest BCUT2D eigenvalue weighted by molar-refractivity contribution is 0.579. The molecule has 0 spiro atoms. The Hall–Kier alpha value is -1.04. The van der Waals surface area contributed by atoms with Crippen LogP contribution in [0, 0.1) is 11.6 Å². The van der Waals surface area contributed by atoms with E-state index in [0.29, 0.717) is 11.8 Å². The van der Waals surface area contributed by atoms with Crippen LogP contribution < -0.4 is 11.1 Å². The SMILES string of the molecule is CSC(C)CCNc1nc(N)c(F)cc1F. The van der Waals surface area contributed by atoms with E-state index < -0.39 is 11.6 Å². The fourth-order valence-electron chi connectivity index (χ4n) is 1.12. The van der Waals surface area contributed by atoms with Crippen LogP contribution in [0.4, 0.5) is 20.4 Å². The first-order chi connectivity index (χ1) is 7.54. The molecule has 1 atom stereocenters. The van der Waals surface area contributed by atoms with E-state index in [2.05, 4.69) is 17.2 Å². The highest BCUT2D eigenvalue weighted by Gasteiger charge is 2.09. The van der Waals surface area contributed by atoms with Gasteiger partial charge in [-0.2, -0.15) is 11.8 Å². The van der Waals surface area contributed by atoms with Gasteiger partial charge in [-0.05, 0) is 12.7 Å². The van der Waals surface area contributed by atoms with E-state index in [1.165, 1.54) is 0 Å². The summed E-state index contributed by atoms with van der Waals surface area (Å²) in [6.45, 7) is 2.66. The lowest BCUT2D eigenvalue weighted by atomic mass is 10.3. The van der Waals surface area contributed by atoms with Crippen molar-refractivity contribution in [3.8, 4) is 0 Å². The molecule has 1 rings (SSSR count). The van der Waals surface area contributed by atoms with Gasteiger partial charge in [0.05, 0.1) is 0 Å². The minimum atomic E-state index is -0.833. The van der Waals surface area contributed by atoms with Crippen LogP contribution in [0.2, 0.25) is 0 Å². The number of aromatic nitrogens is 1. The molecule has 0 aromatic carbocycles. The van der Waals surface area contributed by atoms with Crippen molar-refractivity contribution < 1.29 is 8.78 Å². The quantitative estimate of drug-likeness (QED) is 0.839. The second kappa shape index (κ2) is 5.89. The molecular formula is C10H15F2N3S. The van der Waals surface area contributed by atoms with Gasteiger partial charge in [0.15, 0.2) is 23.3 Å². The van der Waals surface area contributed by atoms with Gasteiger partial charge in [-0.25, -0.2) is 13.8 Å². The van der Waals surface area contributed by atoms with Gasteiger partial charge < -0.3 is 11.1 Å². The molecule has 0 saturated carbocycles. The molecule has 6 heteroatoms. The predicted octanol–water partition coefficient (Wildman–Crippen LogP) is 2.50. The normalized spacial score (nSPS) is 12.5. The van der Waals surface area contributed by atoms with Crippen LogP contribution in [0.15, 0.2) is 6.07 Å². The first-order valence-electron chi connectivity index (χ1n) is 4.92. The molecule has 16 heavy (non-hydrogen) atoms. The average molecular weight is 247 g/mol. The second-order valence-electron chi connectivity index (χ2n) is 3.45. The largest absolute Gasteiger partial charge is 0.381 e. The van der Waals surface area contributed by atoms with Gasteiger partial charge in [-0.1, -0.05) is 6.92 Å². The van der Waals surface area contributed by atoms with Gasteiger partial charge in [0.2, 0.25) is 0 Å². The molecule has 1 aromatic rings. The molecular weight excluding hydrogens is 232 g/mol. The maximum atomic E-state index is 13.2. The van der Waals surface area contributed by atoms with Crippen molar-refractivity contribution in [2.24, 2.45) is 0 Å². The molecule has 0 radical (unpaired) electrons. The fraction of sp³-hybridized carbons (Fsp3) is 0.500. The summed E-state index contributed by atoms with van der Waals surface area (Å²) in [5, 5.41) is 3.28. The standard InChI is InChI=1S/C10H15F2N3S/c1-6(16-2)3-4-14-10-8(12)5-7(11)9(13)15-10/h5-6H,3-4H2,1-2H3,(H3,13,14,15). The van der Waals surface area contributed by atoms with Crippen LogP contribution >= 0.6 is 11.8 Å². The van der Waals surface area contributed by atoms with E-state index in [-0.39, 0.29) is 11.6 Å². The number of rotatable bonds is 5. The number of thioether (sulfide) groups is 1.